The number of hydrazone groups is 1. The van der Waals surface area contributed by atoms with Gasteiger partial charge in [-0.25, -0.2) is 4.98 Å². The molecule has 0 saturated carbocycles. The lowest BCUT2D eigenvalue weighted by Crippen LogP contribution is -1.93. The van der Waals surface area contributed by atoms with Gasteiger partial charge in [0.15, 0.2) is 0 Å². The summed E-state index contributed by atoms with van der Waals surface area (Å²) in [4.78, 5) is 4.03. The molecule has 0 fully saturated rings. The highest BCUT2D eigenvalue weighted by atomic mass is 35.5. The number of nitrogens with one attached hydrogen (secondary N) is 1. The number of nitrogens with zero attached hydrogens (tertiary/aromatic N) is 3. The first kappa shape index (κ1) is 12.1. The van der Waals surface area contributed by atoms with Crippen LogP contribution in [0.15, 0.2) is 47.6 Å². The molecule has 1 heterocycles. The third-order valence-electron chi connectivity index (χ3n) is 2.15. The quantitative estimate of drug-likeness (QED) is 0.522. The van der Waals surface area contributed by atoms with Crippen molar-refractivity contribution in [2.24, 2.45) is 5.10 Å². The summed E-state index contributed by atoms with van der Waals surface area (Å²) in [5.74, 6) is 0.576. The Hall–Kier alpha value is -2.38. The smallest absolute Gasteiger partial charge is 0.147 e. The van der Waals surface area contributed by atoms with Crippen molar-refractivity contribution < 1.29 is 0 Å². The van der Waals surface area contributed by atoms with Gasteiger partial charge in [-0.1, -0.05) is 29.8 Å². The van der Waals surface area contributed by atoms with Gasteiger partial charge in [-0.05, 0) is 29.8 Å². The zero-order chi connectivity index (χ0) is 12.8. The van der Waals surface area contributed by atoms with Crippen LogP contribution in [0.2, 0.25) is 5.15 Å². The Labute approximate surface area is 110 Å². The van der Waals surface area contributed by atoms with Gasteiger partial charge in [0.2, 0.25) is 0 Å². The fraction of sp³-hybridized carbons (Fsp3) is 0. The van der Waals surface area contributed by atoms with Crippen LogP contribution in [0.4, 0.5) is 5.82 Å². The van der Waals surface area contributed by atoms with E-state index in [-0.39, 0.29) is 0 Å². The minimum Gasteiger partial charge on any atom is -0.261 e. The summed E-state index contributed by atoms with van der Waals surface area (Å²) in [5, 5.41) is 13.1. The molecule has 18 heavy (non-hydrogen) atoms. The molecule has 88 valence electrons. The number of aromatic nitrogens is 1. The van der Waals surface area contributed by atoms with E-state index >= 15 is 0 Å². The Kier molecular flexibility index (Phi) is 3.90. The number of halogens is 1. The Balaban J connectivity index is 2.01. The Morgan fingerprint density at radius 2 is 2.00 bits per heavy atom. The van der Waals surface area contributed by atoms with Gasteiger partial charge in [0.05, 0.1) is 17.8 Å². The molecule has 2 aromatic rings. The topological polar surface area (TPSA) is 61.1 Å². The van der Waals surface area contributed by atoms with E-state index in [0.717, 1.165) is 5.56 Å². The molecule has 0 radical (unpaired) electrons. The number of pyridine rings is 1. The molecule has 0 bridgehead atoms. The number of anilines is 1. The number of rotatable bonds is 3. The first-order valence-corrected chi connectivity index (χ1v) is 5.57. The minimum atomic E-state index is 0.411. The van der Waals surface area contributed by atoms with Gasteiger partial charge in [-0.3, -0.25) is 5.43 Å². The zero-order valence-electron chi connectivity index (χ0n) is 9.34. The highest BCUT2D eigenvalue weighted by molar-refractivity contribution is 6.29. The van der Waals surface area contributed by atoms with Crippen LogP contribution in [0.5, 0.6) is 0 Å². The lowest BCUT2D eigenvalue weighted by Gasteiger charge is -1.98. The lowest BCUT2D eigenvalue weighted by molar-refractivity contribution is 1.23. The summed E-state index contributed by atoms with van der Waals surface area (Å²) in [7, 11) is 0. The predicted octanol–water partition coefficient (Wildman–Crippen LogP) is 3.05. The third kappa shape index (κ3) is 3.30. The Morgan fingerprint density at radius 1 is 1.22 bits per heavy atom. The van der Waals surface area contributed by atoms with Gasteiger partial charge in [0.25, 0.3) is 0 Å². The van der Waals surface area contributed by atoms with Gasteiger partial charge in [0, 0.05) is 0 Å². The van der Waals surface area contributed by atoms with E-state index in [4.69, 9.17) is 16.9 Å². The van der Waals surface area contributed by atoms with Crippen molar-refractivity contribution in [1.82, 2.24) is 4.98 Å². The van der Waals surface area contributed by atoms with Gasteiger partial charge < -0.3 is 0 Å². The molecule has 0 atom stereocenters. The van der Waals surface area contributed by atoms with E-state index in [1.54, 1.807) is 36.5 Å². The summed E-state index contributed by atoms with van der Waals surface area (Å²) >= 11 is 5.74. The van der Waals surface area contributed by atoms with Gasteiger partial charge in [-0.2, -0.15) is 10.4 Å². The largest absolute Gasteiger partial charge is 0.261 e. The van der Waals surface area contributed by atoms with Crippen molar-refractivity contribution in [3.63, 3.8) is 0 Å². The van der Waals surface area contributed by atoms with Crippen molar-refractivity contribution in [2.45, 2.75) is 0 Å². The summed E-state index contributed by atoms with van der Waals surface area (Å²) in [5.41, 5.74) is 4.29. The zero-order valence-corrected chi connectivity index (χ0v) is 10.1. The molecule has 2 rings (SSSR count). The van der Waals surface area contributed by atoms with Crippen molar-refractivity contribution in [2.75, 3.05) is 5.43 Å². The first-order valence-electron chi connectivity index (χ1n) is 5.20. The molecule has 5 heteroatoms. The molecule has 0 aliphatic rings. The molecule has 0 unspecified atom stereocenters. The highest BCUT2D eigenvalue weighted by Crippen LogP contribution is 2.09. The average molecular weight is 257 g/mol. The molecule has 0 spiro atoms. The van der Waals surface area contributed by atoms with Crippen LogP contribution >= 0.6 is 11.6 Å². The standard InChI is InChI=1S/C13H9ClN4/c14-12-2-1-3-13(17-12)18-16-9-11-6-4-10(8-15)5-7-11/h1-7,9H,(H,17,18)/b16-9+. The molecule has 4 nitrogen and oxygen atoms in total. The van der Waals surface area contributed by atoms with Crippen LogP contribution in [0.25, 0.3) is 0 Å². The Morgan fingerprint density at radius 3 is 2.67 bits per heavy atom. The summed E-state index contributed by atoms with van der Waals surface area (Å²) in [6.45, 7) is 0. The molecular formula is C13H9ClN4. The minimum absolute atomic E-state index is 0.411. The van der Waals surface area contributed by atoms with Crippen molar-refractivity contribution in [1.29, 1.82) is 5.26 Å². The summed E-state index contributed by atoms with van der Waals surface area (Å²) in [6.07, 6.45) is 1.64. The normalized spacial score (nSPS) is 10.2. The van der Waals surface area contributed by atoms with Gasteiger partial charge in [-0.15, -0.1) is 0 Å². The van der Waals surface area contributed by atoms with E-state index in [0.29, 0.717) is 16.5 Å². The van der Waals surface area contributed by atoms with Crippen LogP contribution in [-0.4, -0.2) is 11.2 Å². The third-order valence-corrected chi connectivity index (χ3v) is 2.36. The van der Waals surface area contributed by atoms with Crippen LogP contribution in [-0.2, 0) is 0 Å². The molecule has 0 amide bonds. The number of hydrogen-bond donors (Lipinski definition) is 1. The van der Waals surface area contributed by atoms with Crippen LogP contribution in [0.1, 0.15) is 11.1 Å². The lowest BCUT2D eigenvalue weighted by atomic mass is 10.2. The van der Waals surface area contributed by atoms with E-state index in [9.17, 15) is 0 Å². The van der Waals surface area contributed by atoms with E-state index in [1.165, 1.54) is 0 Å². The molecule has 0 aliphatic heterocycles. The predicted molar refractivity (Wildman–Crippen MR) is 71.6 cm³/mol. The molecule has 0 saturated heterocycles. The summed E-state index contributed by atoms with van der Waals surface area (Å²) in [6, 6.07) is 14.4. The van der Waals surface area contributed by atoms with Crippen LogP contribution < -0.4 is 5.43 Å². The second-order valence-corrected chi connectivity index (χ2v) is 3.84. The van der Waals surface area contributed by atoms with Crippen molar-refractivity contribution in [3.8, 4) is 6.07 Å². The number of nitriles is 1. The van der Waals surface area contributed by atoms with E-state index < -0.39 is 0 Å². The molecule has 1 N–H and O–H groups in total. The van der Waals surface area contributed by atoms with E-state index in [1.807, 2.05) is 12.1 Å². The average Bonchev–Trinajstić information content (AvgIpc) is 2.40. The summed E-state index contributed by atoms with van der Waals surface area (Å²) < 4.78 is 0. The number of benzene rings is 1. The van der Waals surface area contributed by atoms with E-state index in [2.05, 4.69) is 21.6 Å². The molecule has 1 aromatic carbocycles. The maximum absolute atomic E-state index is 8.66. The second kappa shape index (κ2) is 5.80. The first-order chi connectivity index (χ1) is 8.78. The molecule has 1 aromatic heterocycles. The fourth-order valence-corrected chi connectivity index (χ4v) is 1.45. The van der Waals surface area contributed by atoms with Gasteiger partial charge in [0.1, 0.15) is 11.0 Å². The second-order valence-electron chi connectivity index (χ2n) is 3.45. The SMILES string of the molecule is N#Cc1ccc(/C=N/Nc2cccc(Cl)n2)cc1. The van der Waals surface area contributed by atoms with Crippen LogP contribution in [0, 0.1) is 11.3 Å². The Bertz CT molecular complexity index is 599. The van der Waals surface area contributed by atoms with Crippen molar-refractivity contribution in [3.05, 3.63) is 58.7 Å². The monoisotopic (exact) mass is 256 g/mol. The molecule has 0 aliphatic carbocycles. The van der Waals surface area contributed by atoms with Crippen LogP contribution in [0.3, 0.4) is 0 Å². The maximum Gasteiger partial charge on any atom is 0.147 e. The number of hydrogen-bond acceptors (Lipinski definition) is 4. The highest BCUT2D eigenvalue weighted by Gasteiger charge is 1.93. The van der Waals surface area contributed by atoms with Crippen molar-refractivity contribution >= 4 is 23.6 Å². The van der Waals surface area contributed by atoms with Gasteiger partial charge >= 0.3 is 0 Å². The fourth-order valence-electron chi connectivity index (χ4n) is 1.29. The molecular weight excluding hydrogens is 248 g/mol. The maximum atomic E-state index is 8.66.